The number of piperidine rings is 2. The number of aromatic carboxylic acids is 1. The fourth-order valence-electron chi connectivity index (χ4n) is 5.32. The van der Waals surface area contributed by atoms with Gasteiger partial charge in [0, 0.05) is 42.6 Å². The molecule has 43 heavy (non-hydrogen) atoms. The minimum atomic E-state index is -1.02. The number of hydrogen-bond acceptors (Lipinski definition) is 12. The number of rotatable bonds is 5. The van der Waals surface area contributed by atoms with Gasteiger partial charge in [-0.25, -0.2) is 34.7 Å². The number of aromatic nitrogens is 6. The van der Waals surface area contributed by atoms with Crippen LogP contribution >= 0.6 is 22.7 Å². The third-order valence-corrected chi connectivity index (χ3v) is 9.51. The molecule has 4 aliphatic rings. The van der Waals surface area contributed by atoms with Crippen LogP contribution in [-0.4, -0.2) is 77.9 Å². The quantitative estimate of drug-likeness (QED) is 0.315. The Bertz CT molecular complexity index is 1540. The summed E-state index contributed by atoms with van der Waals surface area (Å²) in [5.74, 6) is 4.45. The van der Waals surface area contributed by atoms with Crippen LogP contribution in [-0.2, 0) is 0 Å². The summed E-state index contributed by atoms with van der Waals surface area (Å²) in [6.45, 7) is 11.7. The molecule has 4 fully saturated rings. The number of anilines is 2. The topological polar surface area (TPSA) is 141 Å². The molecule has 4 unspecified atom stereocenters. The third kappa shape index (κ3) is 7.51. The maximum atomic E-state index is 10.8. The van der Waals surface area contributed by atoms with Crippen LogP contribution < -0.4 is 9.80 Å². The maximum Gasteiger partial charge on any atom is 0.355 e. The second kappa shape index (κ2) is 11.9. The smallest absolute Gasteiger partial charge is 0.355 e. The van der Waals surface area contributed by atoms with Gasteiger partial charge in [0.1, 0.15) is 33.0 Å². The summed E-state index contributed by atoms with van der Waals surface area (Å²) in [6.07, 6.45) is 9.93. The van der Waals surface area contributed by atoms with E-state index in [1.807, 2.05) is 24.7 Å². The molecule has 4 atom stereocenters. The van der Waals surface area contributed by atoms with E-state index in [-0.39, 0.29) is 5.69 Å². The van der Waals surface area contributed by atoms with E-state index in [0.29, 0.717) is 10.7 Å². The lowest BCUT2D eigenvalue weighted by Gasteiger charge is -2.18. The Balaban J connectivity index is 0.000000133. The summed E-state index contributed by atoms with van der Waals surface area (Å²) < 4.78 is 0. The van der Waals surface area contributed by atoms with Crippen LogP contribution in [0.5, 0.6) is 0 Å². The van der Waals surface area contributed by atoms with Crippen molar-refractivity contribution in [3.63, 3.8) is 0 Å². The number of aryl methyl sites for hydroxylation is 1. The number of aliphatic hydroxyl groups is 1. The van der Waals surface area contributed by atoms with Crippen LogP contribution in [0.3, 0.4) is 0 Å². The molecule has 226 valence electrons. The van der Waals surface area contributed by atoms with Gasteiger partial charge < -0.3 is 20.0 Å². The lowest BCUT2D eigenvalue weighted by Crippen LogP contribution is -2.22. The summed E-state index contributed by atoms with van der Waals surface area (Å²) in [6, 6.07) is 0. The van der Waals surface area contributed by atoms with Crippen molar-refractivity contribution >= 4 is 40.3 Å². The van der Waals surface area contributed by atoms with Crippen LogP contribution in [0, 0.1) is 30.6 Å². The first kappa shape index (κ1) is 29.5. The molecule has 2 saturated carbocycles. The number of fused-ring (bicyclic) bond motifs is 2. The predicted molar refractivity (Wildman–Crippen MR) is 168 cm³/mol. The zero-order valence-corrected chi connectivity index (χ0v) is 26.3. The van der Waals surface area contributed by atoms with Gasteiger partial charge >= 0.3 is 5.97 Å². The van der Waals surface area contributed by atoms with Crippen molar-refractivity contribution in [1.29, 1.82) is 0 Å². The molecule has 0 spiro atoms. The first-order valence-corrected chi connectivity index (χ1v) is 16.2. The SMILES string of the molecule is CC(C)(C)O.Cc1csc(-c2cnc(N3CC4CC4C3)cn2)n1.O=C(O)c1csc(-c2cnc(N3CC4CC4C3)cn2)n1. The lowest BCUT2D eigenvalue weighted by molar-refractivity contribution is 0.0691. The highest BCUT2D eigenvalue weighted by Crippen LogP contribution is 2.46. The third-order valence-electron chi connectivity index (χ3n) is 7.66. The molecule has 0 bridgehead atoms. The van der Waals surface area contributed by atoms with Crippen molar-refractivity contribution in [3.8, 4) is 21.4 Å². The summed E-state index contributed by atoms with van der Waals surface area (Å²) in [7, 11) is 0. The van der Waals surface area contributed by atoms with Crippen molar-refractivity contribution in [2.24, 2.45) is 23.7 Å². The van der Waals surface area contributed by atoms with Gasteiger partial charge in [-0.1, -0.05) is 0 Å². The Morgan fingerprint density at radius 3 is 1.56 bits per heavy atom. The Kier molecular flexibility index (Phi) is 8.14. The highest BCUT2D eigenvalue weighted by molar-refractivity contribution is 7.13. The van der Waals surface area contributed by atoms with Crippen LogP contribution in [0.4, 0.5) is 11.6 Å². The van der Waals surface area contributed by atoms with Gasteiger partial charge in [-0.2, -0.15) is 0 Å². The molecule has 2 aliphatic carbocycles. The van der Waals surface area contributed by atoms with Crippen LogP contribution in [0.25, 0.3) is 21.4 Å². The molecular weight excluding hydrogens is 585 g/mol. The van der Waals surface area contributed by atoms with Crippen LogP contribution in [0.1, 0.15) is 49.8 Å². The van der Waals surface area contributed by atoms with Crippen molar-refractivity contribution < 1.29 is 15.0 Å². The number of carboxylic acids is 1. The number of nitrogens with zero attached hydrogens (tertiary/aromatic N) is 8. The molecule has 11 nitrogen and oxygen atoms in total. The van der Waals surface area contributed by atoms with Crippen molar-refractivity contribution in [1.82, 2.24) is 29.9 Å². The fourth-order valence-corrected chi connectivity index (χ4v) is 6.83. The first-order valence-electron chi connectivity index (χ1n) is 14.5. The second-order valence-electron chi connectivity index (χ2n) is 12.6. The summed E-state index contributed by atoms with van der Waals surface area (Å²) in [5.41, 5.74) is 2.09. The average Bonchev–Trinajstić information content (AvgIpc) is 3.53. The Labute approximate surface area is 258 Å². The normalized spacial score (nSPS) is 23.0. The van der Waals surface area contributed by atoms with E-state index in [0.717, 1.165) is 77.9 Å². The van der Waals surface area contributed by atoms with E-state index in [1.165, 1.54) is 29.6 Å². The Hall–Kier alpha value is -3.55. The summed E-state index contributed by atoms with van der Waals surface area (Å²) >= 11 is 2.89. The zero-order valence-electron chi connectivity index (χ0n) is 24.7. The van der Waals surface area contributed by atoms with E-state index in [4.69, 9.17) is 10.2 Å². The lowest BCUT2D eigenvalue weighted by atomic mass is 10.2. The standard InChI is InChI=1S/C13H12N4O2S.C13H14N4S.C4H10O/c18-13(19)10-6-20-12(16-10)9-2-15-11(3-14-9)17-4-7-1-8(7)5-17;1-8-7-18-13(16-8)11-3-15-12(4-14-11)17-5-9-2-10(9)6-17;1-4(2,3)5/h2-3,6-8H,1,4-5H2,(H,18,19);3-4,7,9-10H,2,5-6H2,1H3;5H,1-3H3. The second-order valence-corrected chi connectivity index (χ2v) is 14.4. The Morgan fingerprint density at radius 1 is 0.767 bits per heavy atom. The number of carbonyl (C=O) groups is 1. The molecular formula is C30H36N8O3S2. The van der Waals surface area contributed by atoms with Gasteiger partial charge in [-0.05, 0) is 64.2 Å². The fraction of sp³-hybridized carbons (Fsp3) is 0.500. The minimum Gasteiger partial charge on any atom is -0.476 e. The molecule has 6 heterocycles. The molecule has 8 rings (SSSR count). The van der Waals surface area contributed by atoms with Gasteiger partial charge in [0.25, 0.3) is 0 Å². The van der Waals surface area contributed by atoms with Crippen molar-refractivity contribution in [2.75, 3.05) is 36.0 Å². The largest absolute Gasteiger partial charge is 0.476 e. The molecule has 2 aliphatic heterocycles. The van der Waals surface area contributed by atoms with Gasteiger partial charge in [-0.15, -0.1) is 22.7 Å². The minimum absolute atomic E-state index is 0.0514. The molecule has 4 aromatic rings. The first-order chi connectivity index (χ1) is 20.5. The maximum absolute atomic E-state index is 10.8. The van der Waals surface area contributed by atoms with E-state index in [2.05, 4.69) is 39.7 Å². The van der Waals surface area contributed by atoms with E-state index >= 15 is 0 Å². The molecule has 0 amide bonds. The number of thiazole rings is 2. The molecule has 4 aromatic heterocycles. The van der Waals surface area contributed by atoms with Gasteiger partial charge in [0.05, 0.1) is 30.4 Å². The number of carboxylic acid groups (broad SMARTS) is 1. The van der Waals surface area contributed by atoms with Crippen molar-refractivity contribution in [2.45, 2.75) is 46.1 Å². The highest BCUT2D eigenvalue weighted by Gasteiger charge is 2.46. The van der Waals surface area contributed by atoms with E-state index < -0.39 is 11.6 Å². The number of hydrogen-bond donors (Lipinski definition) is 2. The van der Waals surface area contributed by atoms with Gasteiger partial charge in [0.2, 0.25) is 0 Å². The average molecular weight is 621 g/mol. The van der Waals surface area contributed by atoms with Gasteiger partial charge in [0.15, 0.2) is 5.69 Å². The molecule has 2 saturated heterocycles. The molecule has 0 aromatic carbocycles. The summed E-state index contributed by atoms with van der Waals surface area (Å²) in [5, 5.41) is 22.5. The molecule has 2 N–H and O–H groups in total. The monoisotopic (exact) mass is 620 g/mol. The van der Waals surface area contributed by atoms with E-state index in [1.54, 1.807) is 44.5 Å². The highest BCUT2D eigenvalue weighted by atomic mass is 32.1. The molecule has 13 heteroatoms. The molecule has 0 radical (unpaired) electrons. The summed E-state index contributed by atoms with van der Waals surface area (Å²) in [4.78, 5) is 41.7. The zero-order chi connectivity index (χ0) is 30.3. The Morgan fingerprint density at radius 2 is 1.21 bits per heavy atom. The van der Waals surface area contributed by atoms with Crippen LogP contribution in [0.15, 0.2) is 35.5 Å². The predicted octanol–water partition coefficient (Wildman–Crippen LogP) is 4.90. The van der Waals surface area contributed by atoms with Gasteiger partial charge in [-0.3, -0.25) is 0 Å². The van der Waals surface area contributed by atoms with Crippen LogP contribution in [0.2, 0.25) is 0 Å². The van der Waals surface area contributed by atoms with E-state index in [9.17, 15) is 4.79 Å². The van der Waals surface area contributed by atoms with Crippen molar-refractivity contribution in [3.05, 3.63) is 46.9 Å².